The van der Waals surface area contributed by atoms with E-state index in [1.807, 2.05) is 17.0 Å². The van der Waals surface area contributed by atoms with Crippen molar-refractivity contribution in [1.82, 2.24) is 9.88 Å². The number of pyridine rings is 1. The number of methoxy groups -OCH3 is 2. The largest absolute Gasteiger partial charge is 0.497 e. The van der Waals surface area contributed by atoms with Crippen LogP contribution in [0.5, 0.6) is 5.75 Å². The number of nitrogens with zero attached hydrogens (tertiary/aromatic N) is 2. The van der Waals surface area contributed by atoms with Gasteiger partial charge in [0.1, 0.15) is 11.6 Å². The molecule has 38 heavy (non-hydrogen) atoms. The maximum Gasteiger partial charge on any atom is 0.310 e. The monoisotopic (exact) mass is 524 g/mol. The van der Waals surface area contributed by atoms with E-state index in [1.165, 1.54) is 7.11 Å². The Labute approximate surface area is 218 Å². The number of esters is 1. The molecule has 3 aromatic rings. The van der Waals surface area contributed by atoms with Gasteiger partial charge >= 0.3 is 5.97 Å². The normalized spacial score (nSPS) is 17.5. The van der Waals surface area contributed by atoms with Gasteiger partial charge in [0, 0.05) is 36.2 Å². The number of benzene rings is 2. The van der Waals surface area contributed by atoms with Crippen LogP contribution in [0.1, 0.15) is 35.2 Å². The third kappa shape index (κ3) is 6.32. The van der Waals surface area contributed by atoms with Crippen LogP contribution in [0.2, 0.25) is 0 Å². The zero-order valence-electron chi connectivity index (χ0n) is 21.1. The van der Waals surface area contributed by atoms with Gasteiger partial charge in [0.15, 0.2) is 17.4 Å². The lowest BCUT2D eigenvalue weighted by atomic mass is 9.81. The molecule has 9 heteroatoms. The van der Waals surface area contributed by atoms with Crippen molar-refractivity contribution in [2.75, 3.05) is 33.9 Å². The van der Waals surface area contributed by atoms with E-state index in [-0.39, 0.29) is 36.2 Å². The van der Waals surface area contributed by atoms with Crippen molar-refractivity contribution in [3.8, 4) is 17.6 Å². The van der Waals surface area contributed by atoms with Gasteiger partial charge in [-0.25, -0.2) is 13.2 Å². The average molecular weight is 525 g/mol. The van der Waals surface area contributed by atoms with Crippen molar-refractivity contribution in [3.05, 3.63) is 71.2 Å². The first-order chi connectivity index (χ1) is 18.3. The second kappa shape index (κ2) is 12.1. The molecule has 0 bridgehead atoms. The van der Waals surface area contributed by atoms with E-state index >= 15 is 0 Å². The van der Waals surface area contributed by atoms with Gasteiger partial charge in [-0.15, -0.1) is 0 Å². The number of Topliss-reactive ketones (excluding diaryl/α,β-unsaturated/α-hetero) is 1. The molecular formula is C29H27F3N2O4. The summed E-state index contributed by atoms with van der Waals surface area (Å²) in [5.41, 5.74) is 0.894. The molecule has 1 aliphatic heterocycles. The summed E-state index contributed by atoms with van der Waals surface area (Å²) in [6.07, 6.45) is 2.94. The molecule has 2 atom stereocenters. The van der Waals surface area contributed by atoms with Crippen LogP contribution < -0.4 is 4.74 Å². The molecule has 0 radical (unpaired) electrons. The third-order valence-electron chi connectivity index (χ3n) is 6.82. The summed E-state index contributed by atoms with van der Waals surface area (Å²) in [4.78, 5) is 31.8. The second-order valence-corrected chi connectivity index (χ2v) is 9.21. The summed E-state index contributed by atoms with van der Waals surface area (Å²) in [7, 11) is 2.89. The molecule has 1 saturated heterocycles. The number of ether oxygens (including phenoxy) is 2. The Kier molecular flexibility index (Phi) is 8.64. The predicted molar refractivity (Wildman–Crippen MR) is 135 cm³/mol. The molecule has 2 heterocycles. The van der Waals surface area contributed by atoms with Gasteiger partial charge < -0.3 is 9.47 Å². The molecule has 0 saturated carbocycles. The standard InChI is InChI=1S/C29H27F3N2O4/c1-37-23-6-7-26-20(14-23)12-21(16-33-26)27(35)8-5-18-9-11-34(17-24(18)29(36)38-2)10-3-4-19-13-22(30)15-25(31)28(19)32/h6-7,12-16,18,24H,5,8-11,17H2,1-2H3/t18-,24+/m1/s1. The van der Waals surface area contributed by atoms with Crippen molar-refractivity contribution in [3.63, 3.8) is 0 Å². The average Bonchev–Trinajstić information content (AvgIpc) is 2.93. The van der Waals surface area contributed by atoms with Gasteiger partial charge in [-0.1, -0.05) is 11.8 Å². The fourth-order valence-corrected chi connectivity index (χ4v) is 4.72. The van der Waals surface area contributed by atoms with Gasteiger partial charge in [0.25, 0.3) is 0 Å². The summed E-state index contributed by atoms with van der Waals surface area (Å²) >= 11 is 0. The lowest BCUT2D eigenvalue weighted by molar-refractivity contribution is -0.149. The third-order valence-corrected chi connectivity index (χ3v) is 6.82. The molecule has 0 aliphatic carbocycles. The van der Waals surface area contributed by atoms with Crippen LogP contribution in [0.15, 0.2) is 42.6 Å². The molecule has 0 amide bonds. The molecule has 0 N–H and O–H groups in total. The number of carbonyl (C=O) groups is 2. The molecule has 1 aromatic heterocycles. The fourth-order valence-electron chi connectivity index (χ4n) is 4.72. The molecule has 4 rings (SSSR count). The van der Waals surface area contributed by atoms with E-state index in [2.05, 4.69) is 16.8 Å². The summed E-state index contributed by atoms with van der Waals surface area (Å²) in [6, 6.07) is 8.55. The van der Waals surface area contributed by atoms with Gasteiger partial charge in [-0.05, 0) is 55.6 Å². The Morgan fingerprint density at radius 2 is 1.95 bits per heavy atom. The van der Waals surface area contributed by atoms with Crippen LogP contribution in [0.4, 0.5) is 13.2 Å². The first-order valence-corrected chi connectivity index (χ1v) is 12.2. The number of piperidine rings is 1. The van der Waals surface area contributed by atoms with Crippen molar-refractivity contribution < 1.29 is 32.2 Å². The highest BCUT2D eigenvalue weighted by Gasteiger charge is 2.35. The van der Waals surface area contributed by atoms with E-state index in [1.54, 1.807) is 25.4 Å². The van der Waals surface area contributed by atoms with Crippen LogP contribution in [0, 0.1) is 41.1 Å². The van der Waals surface area contributed by atoms with Crippen molar-refractivity contribution in [1.29, 1.82) is 0 Å². The van der Waals surface area contributed by atoms with E-state index in [9.17, 15) is 22.8 Å². The number of aromatic nitrogens is 1. The van der Waals surface area contributed by atoms with E-state index in [0.717, 1.165) is 17.0 Å². The number of fused-ring (bicyclic) bond motifs is 1. The zero-order valence-corrected chi connectivity index (χ0v) is 21.1. The number of rotatable bonds is 7. The first kappa shape index (κ1) is 27.1. The minimum Gasteiger partial charge on any atom is -0.497 e. The zero-order chi connectivity index (χ0) is 27.2. The quantitative estimate of drug-likeness (QED) is 0.192. The van der Waals surface area contributed by atoms with E-state index in [0.29, 0.717) is 43.3 Å². The van der Waals surface area contributed by atoms with Crippen molar-refractivity contribution >= 4 is 22.7 Å². The maximum absolute atomic E-state index is 13.8. The molecule has 1 aliphatic rings. The van der Waals surface area contributed by atoms with Crippen LogP contribution in [0.3, 0.4) is 0 Å². The number of halogens is 3. The van der Waals surface area contributed by atoms with Crippen LogP contribution in [-0.4, -0.2) is 55.5 Å². The van der Waals surface area contributed by atoms with Gasteiger partial charge in [0.05, 0.1) is 37.8 Å². The molecule has 1 fully saturated rings. The summed E-state index contributed by atoms with van der Waals surface area (Å²) in [5, 5.41) is 0.804. The molecular weight excluding hydrogens is 497 g/mol. The Bertz CT molecular complexity index is 1420. The SMILES string of the molecule is COC(=O)[C@H]1CN(CC#Cc2cc(F)cc(F)c2F)CC[C@H]1CCC(=O)c1cnc2ccc(OC)cc2c1. The predicted octanol–water partition coefficient (Wildman–Crippen LogP) is 4.79. The lowest BCUT2D eigenvalue weighted by Gasteiger charge is -2.36. The summed E-state index contributed by atoms with van der Waals surface area (Å²) in [5.74, 6) is 1.49. The highest BCUT2D eigenvalue weighted by molar-refractivity contribution is 5.99. The minimum absolute atomic E-state index is 0.0662. The van der Waals surface area contributed by atoms with Gasteiger partial charge in [0.2, 0.25) is 0 Å². The number of likely N-dealkylation sites (tertiary alicyclic amines) is 1. The maximum atomic E-state index is 13.8. The molecule has 0 spiro atoms. The number of carbonyl (C=O) groups excluding carboxylic acids is 2. The van der Waals surface area contributed by atoms with E-state index < -0.39 is 23.4 Å². The topological polar surface area (TPSA) is 68.7 Å². The van der Waals surface area contributed by atoms with Gasteiger partial charge in [-0.2, -0.15) is 0 Å². The highest BCUT2D eigenvalue weighted by atomic mass is 19.2. The molecule has 0 unspecified atom stereocenters. The molecule has 198 valence electrons. The Morgan fingerprint density at radius 1 is 1.13 bits per heavy atom. The van der Waals surface area contributed by atoms with E-state index in [4.69, 9.17) is 9.47 Å². The Morgan fingerprint density at radius 3 is 2.71 bits per heavy atom. The Hall–Kier alpha value is -3.90. The summed E-state index contributed by atoms with van der Waals surface area (Å²) in [6.45, 7) is 1.12. The smallest absolute Gasteiger partial charge is 0.310 e. The summed E-state index contributed by atoms with van der Waals surface area (Å²) < 4.78 is 50.9. The highest BCUT2D eigenvalue weighted by Crippen LogP contribution is 2.30. The van der Waals surface area contributed by atoms with Crippen LogP contribution in [0.25, 0.3) is 10.9 Å². The molecule has 6 nitrogen and oxygen atoms in total. The minimum atomic E-state index is -1.30. The number of hydrogen-bond acceptors (Lipinski definition) is 6. The van der Waals surface area contributed by atoms with Crippen molar-refractivity contribution in [2.45, 2.75) is 19.3 Å². The van der Waals surface area contributed by atoms with Crippen molar-refractivity contribution in [2.24, 2.45) is 11.8 Å². The first-order valence-electron chi connectivity index (χ1n) is 12.2. The second-order valence-electron chi connectivity index (χ2n) is 9.21. The number of ketones is 1. The lowest BCUT2D eigenvalue weighted by Crippen LogP contribution is -2.44. The molecule has 2 aromatic carbocycles. The fraction of sp³-hybridized carbons (Fsp3) is 0.345. The Balaban J connectivity index is 1.39. The van der Waals surface area contributed by atoms with Crippen LogP contribution in [-0.2, 0) is 9.53 Å². The van der Waals surface area contributed by atoms with Gasteiger partial charge in [-0.3, -0.25) is 19.5 Å². The number of hydrogen-bond donors (Lipinski definition) is 0. The van der Waals surface area contributed by atoms with Crippen LogP contribution >= 0.6 is 0 Å².